The first-order valence-corrected chi connectivity index (χ1v) is 16.7. The number of sulfone groups is 1. The maximum absolute atomic E-state index is 16.0. The summed E-state index contributed by atoms with van der Waals surface area (Å²) in [6, 6.07) is 3.29. The third-order valence-corrected chi connectivity index (χ3v) is 13.2. The smallest absolute Gasteiger partial charge is 0.335 e. The van der Waals surface area contributed by atoms with Gasteiger partial charge in [0.05, 0.1) is 10.9 Å². The van der Waals surface area contributed by atoms with Crippen LogP contribution >= 0.6 is 10.6 Å². The number of rotatable bonds is 4. The van der Waals surface area contributed by atoms with Gasteiger partial charge < -0.3 is 4.90 Å². The fourth-order valence-electron chi connectivity index (χ4n) is 6.65. The van der Waals surface area contributed by atoms with Gasteiger partial charge in [-0.3, -0.25) is 13.9 Å². The van der Waals surface area contributed by atoms with Crippen LogP contribution in [0.1, 0.15) is 42.4 Å². The number of benzene rings is 2. The van der Waals surface area contributed by atoms with Crippen molar-refractivity contribution in [2.75, 3.05) is 18.1 Å². The van der Waals surface area contributed by atoms with E-state index in [1.165, 1.54) is 0 Å². The van der Waals surface area contributed by atoms with Gasteiger partial charge in [0.15, 0.2) is 15.5 Å². The monoisotopic (exact) mass is 679 g/mol. The zero-order valence-electron chi connectivity index (χ0n) is 22.6. The first-order chi connectivity index (χ1) is 20.1. The summed E-state index contributed by atoms with van der Waals surface area (Å²) in [6.07, 6.45) is -15.2. The second-order valence-corrected chi connectivity index (χ2v) is 16.0. The van der Waals surface area contributed by atoms with Crippen molar-refractivity contribution in [3.8, 4) is 0 Å². The molecule has 0 spiro atoms. The quantitative estimate of drug-likeness (QED) is 0.281. The minimum atomic E-state index is -6.41. The number of aryl methyl sites for hydroxylation is 1. The highest BCUT2D eigenvalue weighted by Crippen LogP contribution is 2.57. The van der Waals surface area contributed by atoms with Gasteiger partial charge in [-0.2, -0.15) is 36.9 Å². The van der Waals surface area contributed by atoms with E-state index < -0.39 is 108 Å². The van der Waals surface area contributed by atoms with Crippen LogP contribution in [0.4, 0.5) is 39.5 Å². The minimum Gasteiger partial charge on any atom is -0.335 e. The van der Waals surface area contributed by atoms with Crippen LogP contribution in [-0.2, 0) is 31.5 Å². The number of hydrogen-bond donors (Lipinski definition) is 2. The third kappa shape index (κ3) is 4.80. The van der Waals surface area contributed by atoms with Gasteiger partial charge in [-0.15, -0.1) is 0 Å². The molecule has 244 valence electrons. The Morgan fingerprint density at radius 3 is 2.02 bits per heavy atom. The van der Waals surface area contributed by atoms with E-state index in [1.54, 1.807) is 0 Å². The molecule has 2 N–H and O–H groups in total. The lowest BCUT2D eigenvalue weighted by atomic mass is 9.76. The van der Waals surface area contributed by atoms with Crippen LogP contribution in [-0.4, -0.2) is 70.4 Å². The molecule has 2 fully saturated rings. The molecule has 0 aromatic heterocycles. The van der Waals surface area contributed by atoms with E-state index in [2.05, 4.69) is 0 Å². The Balaban J connectivity index is 1.66. The molecular weight excluding hydrogens is 653 g/mol. The lowest BCUT2D eigenvalue weighted by molar-refractivity contribution is -0.348. The summed E-state index contributed by atoms with van der Waals surface area (Å²) in [4.78, 5) is 14.1. The summed E-state index contributed by atoms with van der Waals surface area (Å²) in [5.41, 5.74) is -10.8. The van der Waals surface area contributed by atoms with Crippen molar-refractivity contribution >= 4 is 26.3 Å². The number of alkyl halides is 8. The van der Waals surface area contributed by atoms with E-state index in [0.29, 0.717) is 12.1 Å². The third-order valence-electron chi connectivity index (χ3n) is 8.96. The topological polar surface area (TPSA) is 94.9 Å². The Labute approximate surface area is 247 Å². The molecular formula is C27H26F9NO5S2. The molecule has 2 heterocycles. The average Bonchev–Trinajstić information content (AvgIpc) is 3.34. The van der Waals surface area contributed by atoms with Gasteiger partial charge in [0.1, 0.15) is 10.6 Å². The largest absolute Gasteiger partial charge is 0.435 e. The summed E-state index contributed by atoms with van der Waals surface area (Å²) in [7, 11) is -7.84. The van der Waals surface area contributed by atoms with Crippen molar-refractivity contribution in [2.45, 2.75) is 71.5 Å². The highest BCUT2D eigenvalue weighted by Gasteiger charge is 2.74. The lowest BCUT2D eigenvalue weighted by Gasteiger charge is -2.46. The van der Waals surface area contributed by atoms with E-state index >= 15 is 4.39 Å². The molecule has 0 saturated carbocycles. The summed E-state index contributed by atoms with van der Waals surface area (Å²) in [5.74, 6) is -2.77. The molecule has 2 aromatic carbocycles. The van der Waals surface area contributed by atoms with E-state index in [-0.39, 0.29) is 36.6 Å². The van der Waals surface area contributed by atoms with Gasteiger partial charge in [0.25, 0.3) is 5.91 Å². The molecule has 2 saturated heterocycles. The van der Waals surface area contributed by atoms with Gasteiger partial charge in [-0.1, -0.05) is 18.2 Å². The molecule has 1 aliphatic carbocycles. The first kappa shape index (κ1) is 32.9. The lowest BCUT2D eigenvalue weighted by Crippen LogP contribution is -2.57. The van der Waals surface area contributed by atoms with Gasteiger partial charge in [-0.05, 0) is 54.7 Å². The SMILES string of the molecule is O=C(N1CC[C@@]2(S(=O)(=O)c3ccc(F)cc3)c3ccc(C(F)(C(F)(F)F)C(F)(F)F)cc3CC[C@@H]12)C1(F)CCS(O)(O)CC1. The molecule has 6 nitrogen and oxygen atoms in total. The summed E-state index contributed by atoms with van der Waals surface area (Å²) in [5, 5.41) is 0. The maximum Gasteiger partial charge on any atom is 0.435 e. The fourth-order valence-corrected chi connectivity index (χ4v) is 10.5. The van der Waals surface area contributed by atoms with Gasteiger partial charge >= 0.3 is 18.0 Å². The van der Waals surface area contributed by atoms with E-state index in [1.807, 2.05) is 0 Å². The van der Waals surface area contributed by atoms with Crippen LogP contribution < -0.4 is 0 Å². The molecule has 0 radical (unpaired) electrons. The Morgan fingerprint density at radius 2 is 1.48 bits per heavy atom. The van der Waals surface area contributed by atoms with E-state index in [9.17, 15) is 57.4 Å². The van der Waals surface area contributed by atoms with Crippen molar-refractivity contribution in [2.24, 2.45) is 0 Å². The van der Waals surface area contributed by atoms with Crippen LogP contribution in [0.25, 0.3) is 0 Å². The predicted molar refractivity (Wildman–Crippen MR) is 141 cm³/mol. The maximum atomic E-state index is 16.0. The van der Waals surface area contributed by atoms with Crippen molar-refractivity contribution in [3.05, 3.63) is 65.0 Å². The van der Waals surface area contributed by atoms with Crippen LogP contribution in [0.5, 0.6) is 0 Å². The van der Waals surface area contributed by atoms with Crippen LogP contribution in [0.2, 0.25) is 0 Å². The summed E-state index contributed by atoms with van der Waals surface area (Å²) in [6.45, 7) is -0.384. The standard InChI is InChI=1S/C27H26F9NO5S2/c28-18-3-5-19(6-4-18)44(41,42)24-9-12-37(22(38)23(29)10-13-43(39,40)14-11-23)21(24)8-1-16-15-17(2-7-20(16)24)25(30,26(31,32)33)27(34,35)36/h2-7,15,21,39-40H,1,8-14H2/t21-,24-/m1/s1. The van der Waals surface area contributed by atoms with E-state index in [0.717, 1.165) is 29.2 Å². The van der Waals surface area contributed by atoms with Gasteiger partial charge in [0, 0.05) is 36.5 Å². The minimum absolute atomic E-state index is 0.206. The molecule has 5 rings (SSSR count). The zero-order valence-corrected chi connectivity index (χ0v) is 24.2. The summed E-state index contributed by atoms with van der Waals surface area (Å²) >= 11 is 0. The average molecular weight is 680 g/mol. The second kappa shape index (κ2) is 10.3. The number of halogens is 9. The number of amides is 1. The number of carbonyl (C=O) groups is 1. The number of nitrogens with zero attached hydrogens (tertiary/aromatic N) is 1. The molecule has 2 aromatic rings. The first-order valence-electron chi connectivity index (χ1n) is 13.3. The molecule has 17 heteroatoms. The normalized spacial score (nSPS) is 26.1. The van der Waals surface area contributed by atoms with Gasteiger partial charge in [-0.25, -0.2) is 21.6 Å². The van der Waals surface area contributed by atoms with Crippen molar-refractivity contribution in [3.63, 3.8) is 0 Å². The van der Waals surface area contributed by atoms with Gasteiger partial charge in [0.2, 0.25) is 0 Å². The summed E-state index contributed by atoms with van der Waals surface area (Å²) < 4.78 is 172. The van der Waals surface area contributed by atoms with Crippen molar-refractivity contribution < 1.29 is 61.8 Å². The molecule has 2 atom stereocenters. The number of hydrogen-bond acceptors (Lipinski definition) is 5. The van der Waals surface area contributed by atoms with E-state index in [4.69, 9.17) is 0 Å². The molecule has 1 amide bonds. The molecule has 44 heavy (non-hydrogen) atoms. The van der Waals surface area contributed by atoms with Crippen LogP contribution in [0, 0.1) is 5.82 Å². The van der Waals surface area contributed by atoms with Crippen LogP contribution in [0.15, 0.2) is 47.4 Å². The zero-order chi connectivity index (χ0) is 32.7. The number of likely N-dealkylation sites (tertiary alicyclic amines) is 1. The van der Waals surface area contributed by atoms with Crippen molar-refractivity contribution in [1.29, 1.82) is 0 Å². The fraction of sp³-hybridized carbons (Fsp3) is 0.519. The van der Waals surface area contributed by atoms with Crippen molar-refractivity contribution in [1.82, 2.24) is 4.90 Å². The highest BCUT2D eigenvalue weighted by atomic mass is 32.3. The Morgan fingerprint density at radius 1 is 0.909 bits per heavy atom. The molecule has 0 bridgehead atoms. The highest BCUT2D eigenvalue weighted by molar-refractivity contribution is 8.24. The van der Waals surface area contributed by atoms with Crippen LogP contribution in [0.3, 0.4) is 0 Å². The Hall–Kier alpha value is -2.50. The number of carbonyl (C=O) groups excluding carboxylic acids is 1. The molecule has 3 aliphatic rings. The second-order valence-electron chi connectivity index (χ2n) is 11.4. The predicted octanol–water partition coefficient (Wildman–Crippen LogP) is 6.58. The Bertz CT molecular complexity index is 1550. The molecule has 0 unspecified atom stereocenters. The Kier molecular flexibility index (Phi) is 7.66. The number of fused-ring (bicyclic) bond motifs is 3. The molecule has 2 aliphatic heterocycles.